The maximum atomic E-state index is 11.8. The van der Waals surface area contributed by atoms with Crippen LogP contribution < -0.4 is 0 Å². The van der Waals surface area contributed by atoms with Crippen LogP contribution in [0.4, 0.5) is 0 Å². The maximum absolute atomic E-state index is 11.8. The molecule has 2 atom stereocenters. The maximum Gasteiger partial charge on any atom is 0.232 e. The zero-order valence-corrected chi connectivity index (χ0v) is 11.1. The molecule has 0 bridgehead atoms. The predicted octanol–water partition coefficient (Wildman–Crippen LogP) is 1.86. The van der Waals surface area contributed by atoms with Crippen LogP contribution >= 0.6 is 0 Å². The molecule has 1 aliphatic heterocycles. The number of β-amino-alcohol motifs (C(OH)–C–C–N with tert-alkyl or cyclic N) is 1. The van der Waals surface area contributed by atoms with Crippen LogP contribution in [-0.2, 0) is 9.59 Å². The van der Waals surface area contributed by atoms with Gasteiger partial charge in [-0.2, -0.15) is 0 Å². The number of para-hydroxylation sites is 1. The zero-order valence-electron chi connectivity index (χ0n) is 11.1. The van der Waals surface area contributed by atoms with Crippen molar-refractivity contribution in [2.24, 2.45) is 5.92 Å². The molecular weight excluding hydrogens is 258 g/mol. The lowest BCUT2D eigenvalue weighted by atomic mass is 10.1. The van der Waals surface area contributed by atoms with Gasteiger partial charge in [-0.3, -0.25) is 14.5 Å². The average molecular weight is 273 g/mol. The van der Waals surface area contributed by atoms with Gasteiger partial charge in [0.1, 0.15) is 17.4 Å². The molecule has 3 rings (SSSR count). The molecule has 1 aromatic carbocycles. The van der Waals surface area contributed by atoms with E-state index >= 15 is 0 Å². The monoisotopic (exact) mass is 273 g/mol. The summed E-state index contributed by atoms with van der Waals surface area (Å²) < 4.78 is 5.54. The lowest BCUT2D eigenvalue weighted by Gasteiger charge is -2.17. The van der Waals surface area contributed by atoms with E-state index in [4.69, 9.17) is 4.42 Å². The Morgan fingerprint density at radius 2 is 2.15 bits per heavy atom. The standard InChI is InChI=1S/C15H15NO4/c1-9-6-14(18)16(15(9)19)8-11(17)13-7-10-4-2-3-5-12(10)20-13/h2-5,7,9,11,17H,6,8H2,1H3. The summed E-state index contributed by atoms with van der Waals surface area (Å²) in [5, 5.41) is 11.0. The molecule has 5 nitrogen and oxygen atoms in total. The minimum Gasteiger partial charge on any atom is -0.458 e. The summed E-state index contributed by atoms with van der Waals surface area (Å²) in [6, 6.07) is 9.14. The Morgan fingerprint density at radius 3 is 2.80 bits per heavy atom. The second-order valence-corrected chi connectivity index (χ2v) is 5.15. The quantitative estimate of drug-likeness (QED) is 0.866. The van der Waals surface area contributed by atoms with Crippen molar-refractivity contribution in [2.45, 2.75) is 19.4 Å². The van der Waals surface area contributed by atoms with Crippen molar-refractivity contribution in [3.05, 3.63) is 36.1 Å². The van der Waals surface area contributed by atoms with Gasteiger partial charge >= 0.3 is 0 Å². The zero-order chi connectivity index (χ0) is 14.3. The van der Waals surface area contributed by atoms with E-state index in [0.717, 1.165) is 10.3 Å². The minimum atomic E-state index is -0.999. The SMILES string of the molecule is CC1CC(=O)N(CC(O)c2cc3ccccc3o2)C1=O. The third-order valence-corrected chi connectivity index (χ3v) is 3.60. The average Bonchev–Trinajstić information content (AvgIpc) is 2.95. The van der Waals surface area contributed by atoms with E-state index in [-0.39, 0.29) is 30.7 Å². The van der Waals surface area contributed by atoms with E-state index in [9.17, 15) is 14.7 Å². The molecule has 2 amide bonds. The lowest BCUT2D eigenvalue weighted by Crippen LogP contribution is -2.34. The number of carbonyl (C=O) groups excluding carboxylic acids is 2. The van der Waals surface area contributed by atoms with E-state index in [1.54, 1.807) is 19.1 Å². The van der Waals surface area contributed by atoms with E-state index in [2.05, 4.69) is 0 Å². The van der Waals surface area contributed by atoms with Crippen LogP contribution in [0.1, 0.15) is 25.2 Å². The van der Waals surface area contributed by atoms with Crippen LogP contribution in [0.15, 0.2) is 34.7 Å². The fourth-order valence-corrected chi connectivity index (χ4v) is 2.47. The third-order valence-electron chi connectivity index (χ3n) is 3.60. The molecule has 2 heterocycles. The molecular formula is C15H15NO4. The number of hydrogen-bond donors (Lipinski definition) is 1. The molecule has 0 radical (unpaired) electrons. The Bertz CT molecular complexity index is 642. The first-order valence-electron chi connectivity index (χ1n) is 6.57. The lowest BCUT2D eigenvalue weighted by molar-refractivity contribution is -0.141. The first-order chi connectivity index (χ1) is 9.56. The highest BCUT2D eigenvalue weighted by Gasteiger charge is 2.37. The molecule has 104 valence electrons. The Morgan fingerprint density at radius 1 is 1.40 bits per heavy atom. The number of benzene rings is 1. The number of furan rings is 1. The Kier molecular flexibility index (Phi) is 3.06. The third kappa shape index (κ3) is 2.10. The number of nitrogens with zero attached hydrogens (tertiary/aromatic N) is 1. The van der Waals surface area contributed by atoms with Gasteiger partial charge in [-0.05, 0) is 12.1 Å². The van der Waals surface area contributed by atoms with Gasteiger partial charge in [-0.15, -0.1) is 0 Å². The summed E-state index contributed by atoms with van der Waals surface area (Å²) in [7, 11) is 0. The van der Waals surface area contributed by atoms with E-state index in [1.165, 1.54) is 0 Å². The Balaban J connectivity index is 1.81. The van der Waals surface area contributed by atoms with Crippen molar-refractivity contribution in [2.75, 3.05) is 6.54 Å². The smallest absolute Gasteiger partial charge is 0.232 e. The molecule has 1 aliphatic rings. The van der Waals surface area contributed by atoms with Crippen molar-refractivity contribution < 1.29 is 19.1 Å². The van der Waals surface area contributed by atoms with E-state index in [1.807, 2.05) is 18.2 Å². The molecule has 2 aromatic rings. The van der Waals surface area contributed by atoms with Crippen LogP contribution in [0.2, 0.25) is 0 Å². The molecule has 0 spiro atoms. The van der Waals surface area contributed by atoms with Gasteiger partial charge in [-0.1, -0.05) is 25.1 Å². The Labute approximate surface area is 115 Å². The number of likely N-dealkylation sites (tertiary alicyclic amines) is 1. The number of imide groups is 1. The number of rotatable bonds is 3. The second-order valence-electron chi connectivity index (χ2n) is 5.15. The highest BCUT2D eigenvalue weighted by Crippen LogP contribution is 2.26. The summed E-state index contributed by atoms with van der Waals surface area (Å²) in [5.74, 6) is -0.403. The minimum absolute atomic E-state index is 0.0537. The molecule has 1 saturated heterocycles. The Hall–Kier alpha value is -2.14. The summed E-state index contributed by atoms with van der Waals surface area (Å²) in [6.07, 6.45) is -0.785. The van der Waals surface area contributed by atoms with Crippen LogP contribution in [0, 0.1) is 5.92 Å². The molecule has 1 aromatic heterocycles. The first kappa shape index (κ1) is 12.9. The van der Waals surface area contributed by atoms with E-state index in [0.29, 0.717) is 11.3 Å². The summed E-state index contributed by atoms with van der Waals surface area (Å²) in [5.41, 5.74) is 0.675. The highest BCUT2D eigenvalue weighted by molar-refractivity contribution is 6.03. The highest BCUT2D eigenvalue weighted by atomic mass is 16.4. The van der Waals surface area contributed by atoms with Crippen LogP contribution in [0.25, 0.3) is 11.0 Å². The largest absolute Gasteiger partial charge is 0.458 e. The van der Waals surface area contributed by atoms with Gasteiger partial charge < -0.3 is 9.52 Å². The normalized spacial score (nSPS) is 20.9. The van der Waals surface area contributed by atoms with E-state index < -0.39 is 6.10 Å². The van der Waals surface area contributed by atoms with Crippen LogP contribution in [0.5, 0.6) is 0 Å². The molecule has 2 unspecified atom stereocenters. The van der Waals surface area contributed by atoms with Gasteiger partial charge in [0, 0.05) is 17.7 Å². The van der Waals surface area contributed by atoms with Gasteiger partial charge in [0.2, 0.25) is 11.8 Å². The summed E-state index contributed by atoms with van der Waals surface area (Å²) in [4.78, 5) is 24.6. The van der Waals surface area contributed by atoms with Crippen LogP contribution in [-0.4, -0.2) is 28.4 Å². The van der Waals surface area contributed by atoms with Crippen molar-refractivity contribution in [1.82, 2.24) is 4.90 Å². The number of aliphatic hydroxyl groups excluding tert-OH is 1. The summed E-state index contributed by atoms with van der Waals surface area (Å²) >= 11 is 0. The van der Waals surface area contributed by atoms with Gasteiger partial charge in [-0.25, -0.2) is 0 Å². The van der Waals surface area contributed by atoms with Crippen molar-refractivity contribution in [3.8, 4) is 0 Å². The second kappa shape index (κ2) is 4.76. The number of amides is 2. The van der Waals surface area contributed by atoms with Crippen molar-refractivity contribution in [1.29, 1.82) is 0 Å². The molecule has 5 heteroatoms. The molecule has 20 heavy (non-hydrogen) atoms. The molecule has 0 aliphatic carbocycles. The summed E-state index contributed by atoms with van der Waals surface area (Å²) in [6.45, 7) is 1.66. The molecule has 1 fully saturated rings. The number of hydrogen-bond acceptors (Lipinski definition) is 4. The first-order valence-corrected chi connectivity index (χ1v) is 6.57. The van der Waals surface area contributed by atoms with Crippen molar-refractivity contribution >= 4 is 22.8 Å². The van der Waals surface area contributed by atoms with Crippen LogP contribution in [0.3, 0.4) is 0 Å². The fraction of sp³-hybridized carbons (Fsp3) is 0.333. The predicted molar refractivity (Wildman–Crippen MR) is 71.7 cm³/mol. The number of aliphatic hydroxyl groups is 1. The molecule has 1 N–H and O–H groups in total. The van der Waals surface area contributed by atoms with Gasteiger partial charge in [0.15, 0.2) is 0 Å². The van der Waals surface area contributed by atoms with Gasteiger partial charge in [0.25, 0.3) is 0 Å². The van der Waals surface area contributed by atoms with Crippen molar-refractivity contribution in [3.63, 3.8) is 0 Å². The molecule has 0 saturated carbocycles. The number of fused-ring (bicyclic) bond motifs is 1. The van der Waals surface area contributed by atoms with Gasteiger partial charge in [0.05, 0.1) is 6.54 Å². The topological polar surface area (TPSA) is 70.8 Å². The number of carbonyl (C=O) groups is 2. The fourth-order valence-electron chi connectivity index (χ4n) is 2.47.